The molecule has 0 atom stereocenters. The number of benzene rings is 2. The Hall–Kier alpha value is -3.68. The summed E-state index contributed by atoms with van der Waals surface area (Å²) in [6.07, 6.45) is 2.99. The van der Waals surface area contributed by atoms with Crippen molar-refractivity contribution in [3.05, 3.63) is 75.5 Å². The summed E-state index contributed by atoms with van der Waals surface area (Å²) in [7, 11) is 1.55. The molecule has 2 aliphatic heterocycles. The van der Waals surface area contributed by atoms with E-state index in [-0.39, 0.29) is 18.1 Å². The van der Waals surface area contributed by atoms with Crippen LogP contribution in [-0.4, -0.2) is 46.7 Å². The van der Waals surface area contributed by atoms with Crippen molar-refractivity contribution >= 4 is 23.1 Å². The molecule has 0 saturated carbocycles. The molecule has 2 amide bonds. The third kappa shape index (κ3) is 3.88. The number of piperidine rings is 1. The number of non-ortho nitro benzene ring substituents is 1. The highest BCUT2D eigenvalue weighted by molar-refractivity contribution is 6.35. The number of nitrogens with zero attached hydrogens (tertiary/aromatic N) is 3. The molecule has 1 saturated heterocycles. The number of carbonyl (C=O) groups is 2. The normalized spacial score (nSPS) is 16.8. The number of likely N-dealkylation sites (tertiary alicyclic amines) is 1. The van der Waals surface area contributed by atoms with Crippen molar-refractivity contribution in [3.63, 3.8) is 0 Å². The van der Waals surface area contributed by atoms with Crippen LogP contribution in [0.5, 0.6) is 5.75 Å². The van der Waals surface area contributed by atoms with Crippen molar-refractivity contribution in [2.45, 2.75) is 25.8 Å². The van der Waals surface area contributed by atoms with Gasteiger partial charge in [-0.3, -0.25) is 24.6 Å². The number of methoxy groups -OCH3 is 1. The van der Waals surface area contributed by atoms with Gasteiger partial charge in [0.2, 0.25) is 0 Å². The Bertz CT molecular complexity index is 1060. The lowest BCUT2D eigenvalue weighted by atomic mass is 10.0. The molecule has 2 aromatic rings. The van der Waals surface area contributed by atoms with E-state index in [9.17, 15) is 19.7 Å². The smallest absolute Gasteiger partial charge is 0.278 e. The second kappa shape index (κ2) is 8.59. The number of amides is 2. The van der Waals surface area contributed by atoms with Crippen LogP contribution in [0.1, 0.15) is 30.4 Å². The third-order valence-electron chi connectivity index (χ3n) is 5.70. The number of imide groups is 1. The molecule has 0 aliphatic carbocycles. The van der Waals surface area contributed by atoms with Gasteiger partial charge in [0.05, 0.1) is 24.2 Å². The molecule has 0 N–H and O–H groups in total. The van der Waals surface area contributed by atoms with E-state index >= 15 is 0 Å². The average Bonchev–Trinajstić information content (AvgIpc) is 3.04. The lowest BCUT2D eigenvalue weighted by Crippen LogP contribution is -2.37. The van der Waals surface area contributed by atoms with Crippen LogP contribution in [0.4, 0.5) is 5.69 Å². The van der Waals surface area contributed by atoms with E-state index in [2.05, 4.69) is 0 Å². The highest BCUT2D eigenvalue weighted by Crippen LogP contribution is 2.35. The molecule has 0 radical (unpaired) electrons. The largest absolute Gasteiger partial charge is 0.496 e. The van der Waals surface area contributed by atoms with E-state index in [4.69, 9.17) is 4.74 Å². The fraction of sp³-hybridized carbons (Fsp3) is 0.304. The van der Waals surface area contributed by atoms with Gasteiger partial charge < -0.3 is 9.64 Å². The van der Waals surface area contributed by atoms with Crippen molar-refractivity contribution in [1.29, 1.82) is 0 Å². The van der Waals surface area contributed by atoms with Crippen LogP contribution in [0, 0.1) is 10.1 Å². The molecule has 0 aromatic heterocycles. The molecule has 8 nitrogen and oxygen atoms in total. The summed E-state index contributed by atoms with van der Waals surface area (Å²) in [4.78, 5) is 40.6. The third-order valence-corrected chi connectivity index (χ3v) is 5.70. The topological polar surface area (TPSA) is 93.0 Å². The highest BCUT2D eigenvalue weighted by Gasteiger charge is 2.42. The Morgan fingerprint density at radius 3 is 2.29 bits per heavy atom. The second-order valence-electron chi connectivity index (χ2n) is 7.58. The Morgan fingerprint density at radius 2 is 1.65 bits per heavy atom. The van der Waals surface area contributed by atoms with Gasteiger partial charge in [-0.25, -0.2) is 0 Å². The van der Waals surface area contributed by atoms with Crippen LogP contribution in [-0.2, 0) is 16.1 Å². The number of ether oxygens (including phenoxy) is 1. The lowest BCUT2D eigenvalue weighted by molar-refractivity contribution is -0.384. The van der Waals surface area contributed by atoms with Gasteiger partial charge in [0, 0.05) is 30.8 Å². The Labute approximate surface area is 179 Å². The van der Waals surface area contributed by atoms with Crippen molar-refractivity contribution in [2.24, 2.45) is 0 Å². The first kappa shape index (κ1) is 20.6. The molecule has 2 heterocycles. The van der Waals surface area contributed by atoms with Crippen molar-refractivity contribution in [2.75, 3.05) is 20.2 Å². The number of rotatable bonds is 6. The van der Waals surface area contributed by atoms with Crippen molar-refractivity contribution in [3.8, 4) is 5.75 Å². The predicted octanol–water partition coefficient (Wildman–Crippen LogP) is 3.37. The number of nitro groups is 1. The molecule has 1 fully saturated rings. The standard InChI is InChI=1S/C23H23N3O5/c1-31-19-8-4-3-7-17(19)15-25-22(27)20(16-9-11-18(12-10-16)26(29)30)21(23(25)28)24-13-5-2-6-14-24/h3-4,7-12H,2,5-6,13-15H2,1H3. The van der Waals surface area contributed by atoms with E-state index < -0.39 is 10.8 Å². The first-order valence-corrected chi connectivity index (χ1v) is 10.2. The van der Waals surface area contributed by atoms with Crippen LogP contribution < -0.4 is 4.74 Å². The van der Waals surface area contributed by atoms with E-state index in [0.717, 1.165) is 24.8 Å². The number of hydrogen-bond donors (Lipinski definition) is 0. The summed E-state index contributed by atoms with van der Waals surface area (Å²) in [6.45, 7) is 1.50. The summed E-state index contributed by atoms with van der Waals surface area (Å²) in [5.74, 6) is -0.136. The zero-order valence-corrected chi connectivity index (χ0v) is 17.2. The van der Waals surface area contributed by atoms with Crippen LogP contribution >= 0.6 is 0 Å². The van der Waals surface area contributed by atoms with E-state index in [1.165, 1.54) is 29.2 Å². The van der Waals surface area contributed by atoms with E-state index in [1.54, 1.807) is 13.2 Å². The van der Waals surface area contributed by atoms with Gasteiger partial charge in [-0.15, -0.1) is 0 Å². The summed E-state index contributed by atoms with van der Waals surface area (Å²) in [6, 6.07) is 13.1. The molecule has 0 spiro atoms. The van der Waals surface area contributed by atoms with Crippen molar-refractivity contribution < 1.29 is 19.2 Å². The van der Waals surface area contributed by atoms with Crippen LogP contribution in [0.15, 0.2) is 54.2 Å². The monoisotopic (exact) mass is 421 g/mol. The number of para-hydroxylation sites is 1. The van der Waals surface area contributed by atoms with Gasteiger partial charge in [0.15, 0.2) is 0 Å². The summed E-state index contributed by atoms with van der Waals surface area (Å²) >= 11 is 0. The first-order chi connectivity index (χ1) is 15.0. The van der Waals surface area contributed by atoms with Gasteiger partial charge in [0.1, 0.15) is 11.4 Å². The number of hydrogen-bond acceptors (Lipinski definition) is 6. The molecule has 0 bridgehead atoms. The van der Waals surface area contributed by atoms with Crippen LogP contribution in [0.25, 0.3) is 5.57 Å². The maximum atomic E-state index is 13.4. The van der Waals surface area contributed by atoms with Gasteiger partial charge in [-0.1, -0.05) is 18.2 Å². The molecular formula is C23H23N3O5. The minimum absolute atomic E-state index is 0.0634. The van der Waals surface area contributed by atoms with Gasteiger partial charge in [-0.05, 0) is 43.0 Å². The lowest BCUT2D eigenvalue weighted by Gasteiger charge is -2.29. The SMILES string of the molecule is COc1ccccc1CN1C(=O)C(c2ccc([N+](=O)[O-])cc2)=C(N2CCCCC2)C1=O. The van der Waals surface area contributed by atoms with Crippen LogP contribution in [0.2, 0.25) is 0 Å². The summed E-state index contributed by atoms with van der Waals surface area (Å²) < 4.78 is 5.38. The zero-order chi connectivity index (χ0) is 22.0. The van der Waals surface area contributed by atoms with Gasteiger partial charge >= 0.3 is 0 Å². The van der Waals surface area contributed by atoms with Gasteiger partial charge in [0.25, 0.3) is 17.5 Å². The zero-order valence-electron chi connectivity index (χ0n) is 17.2. The Balaban J connectivity index is 1.74. The fourth-order valence-corrected chi connectivity index (χ4v) is 4.13. The molecule has 2 aromatic carbocycles. The minimum Gasteiger partial charge on any atom is -0.496 e. The first-order valence-electron chi connectivity index (χ1n) is 10.2. The van der Waals surface area contributed by atoms with Crippen molar-refractivity contribution in [1.82, 2.24) is 9.80 Å². The highest BCUT2D eigenvalue weighted by atomic mass is 16.6. The second-order valence-corrected chi connectivity index (χ2v) is 7.58. The van der Waals surface area contributed by atoms with Gasteiger partial charge in [-0.2, -0.15) is 0 Å². The maximum Gasteiger partial charge on any atom is 0.278 e. The maximum absolute atomic E-state index is 13.4. The Morgan fingerprint density at radius 1 is 0.968 bits per heavy atom. The molecular weight excluding hydrogens is 398 g/mol. The molecule has 8 heteroatoms. The Kier molecular flexibility index (Phi) is 5.70. The molecule has 4 rings (SSSR count). The molecule has 0 unspecified atom stereocenters. The summed E-state index contributed by atoms with van der Waals surface area (Å²) in [5.41, 5.74) is 1.86. The summed E-state index contributed by atoms with van der Waals surface area (Å²) in [5, 5.41) is 11.0. The quantitative estimate of drug-likeness (QED) is 0.403. The number of nitro benzene ring substituents is 1. The van der Waals surface area contributed by atoms with E-state index in [1.807, 2.05) is 23.1 Å². The molecule has 2 aliphatic rings. The molecule has 160 valence electrons. The average molecular weight is 421 g/mol. The number of carbonyl (C=O) groups excluding carboxylic acids is 2. The van der Waals surface area contributed by atoms with E-state index in [0.29, 0.717) is 35.7 Å². The van der Waals surface area contributed by atoms with Crippen LogP contribution in [0.3, 0.4) is 0 Å². The minimum atomic E-state index is -0.487. The fourth-order valence-electron chi connectivity index (χ4n) is 4.13. The molecule has 31 heavy (non-hydrogen) atoms. The predicted molar refractivity (Wildman–Crippen MR) is 114 cm³/mol.